The van der Waals surface area contributed by atoms with E-state index in [-0.39, 0.29) is 0 Å². The molecule has 0 amide bonds. The molecule has 3 aromatic rings. The highest BCUT2D eigenvalue weighted by molar-refractivity contribution is 6.29. The molecule has 1 aliphatic rings. The van der Waals surface area contributed by atoms with Crippen molar-refractivity contribution in [2.24, 2.45) is 7.05 Å². The number of piperidine rings is 1. The summed E-state index contributed by atoms with van der Waals surface area (Å²) in [4.78, 5) is 6.81. The molecule has 0 bridgehead atoms. The van der Waals surface area contributed by atoms with Crippen molar-refractivity contribution in [3.8, 4) is 0 Å². The van der Waals surface area contributed by atoms with Crippen LogP contribution in [0.25, 0.3) is 5.65 Å². The maximum Gasteiger partial charge on any atom is 0.160 e. The molecule has 1 aliphatic heterocycles. The zero-order chi connectivity index (χ0) is 15.8. The smallest absolute Gasteiger partial charge is 0.160 e. The highest BCUT2D eigenvalue weighted by Gasteiger charge is 2.25. The Morgan fingerprint density at radius 2 is 2.04 bits per heavy atom. The Balaban J connectivity index is 1.44. The number of nitrogens with zero attached hydrogens (tertiary/aromatic N) is 6. The van der Waals surface area contributed by atoms with Crippen LogP contribution >= 0.6 is 11.6 Å². The normalized spacial score (nSPS) is 17.1. The highest BCUT2D eigenvalue weighted by atomic mass is 35.5. The molecule has 1 saturated heterocycles. The van der Waals surface area contributed by atoms with Crippen molar-refractivity contribution in [2.75, 3.05) is 13.1 Å². The van der Waals surface area contributed by atoms with Crippen LogP contribution in [0.2, 0.25) is 5.15 Å². The lowest BCUT2D eigenvalue weighted by molar-refractivity contribution is 0.195. The van der Waals surface area contributed by atoms with E-state index >= 15 is 0 Å². The van der Waals surface area contributed by atoms with Crippen LogP contribution in [0.15, 0.2) is 30.6 Å². The molecule has 3 aromatic heterocycles. The number of likely N-dealkylation sites (tertiary alicyclic amines) is 1. The largest absolute Gasteiger partial charge is 0.321 e. The van der Waals surface area contributed by atoms with Gasteiger partial charge in [-0.05, 0) is 38.1 Å². The van der Waals surface area contributed by atoms with Crippen LogP contribution in [0.3, 0.4) is 0 Å². The molecule has 0 spiro atoms. The molecular formula is C16H19ClN6. The van der Waals surface area contributed by atoms with Gasteiger partial charge in [0.15, 0.2) is 5.65 Å². The van der Waals surface area contributed by atoms with E-state index in [2.05, 4.69) is 24.5 Å². The second-order valence-electron chi connectivity index (χ2n) is 6.09. The summed E-state index contributed by atoms with van der Waals surface area (Å²) in [5.41, 5.74) is 0.924. The van der Waals surface area contributed by atoms with Gasteiger partial charge in [0.05, 0.1) is 12.7 Å². The van der Waals surface area contributed by atoms with Crippen LogP contribution in [0.1, 0.15) is 30.4 Å². The molecule has 0 unspecified atom stereocenters. The lowest BCUT2D eigenvalue weighted by Crippen LogP contribution is -2.33. The monoisotopic (exact) mass is 330 g/mol. The van der Waals surface area contributed by atoms with E-state index in [1.165, 1.54) is 0 Å². The van der Waals surface area contributed by atoms with Crippen LogP contribution in [0.5, 0.6) is 0 Å². The number of hydrogen-bond donors (Lipinski definition) is 0. The molecule has 0 radical (unpaired) electrons. The van der Waals surface area contributed by atoms with Crippen LogP contribution in [-0.4, -0.2) is 42.1 Å². The van der Waals surface area contributed by atoms with Crippen molar-refractivity contribution in [2.45, 2.75) is 25.3 Å². The van der Waals surface area contributed by atoms with Gasteiger partial charge in [-0.1, -0.05) is 17.7 Å². The van der Waals surface area contributed by atoms with E-state index in [0.717, 1.165) is 49.8 Å². The fraction of sp³-hybridized carbons (Fsp3) is 0.438. The van der Waals surface area contributed by atoms with Crippen molar-refractivity contribution < 1.29 is 0 Å². The van der Waals surface area contributed by atoms with Crippen molar-refractivity contribution >= 4 is 17.2 Å². The molecule has 0 atom stereocenters. The third-order valence-electron chi connectivity index (χ3n) is 4.69. The first-order valence-corrected chi connectivity index (χ1v) is 8.28. The summed E-state index contributed by atoms with van der Waals surface area (Å²) in [5, 5.41) is 9.36. The molecule has 23 heavy (non-hydrogen) atoms. The minimum Gasteiger partial charge on any atom is -0.321 e. The molecule has 6 nitrogen and oxygen atoms in total. The third-order valence-corrected chi connectivity index (χ3v) is 5.04. The van der Waals surface area contributed by atoms with Gasteiger partial charge in [-0.3, -0.25) is 9.30 Å². The number of pyridine rings is 1. The summed E-state index contributed by atoms with van der Waals surface area (Å²) in [6.45, 7) is 2.92. The first-order chi connectivity index (χ1) is 11.2. The van der Waals surface area contributed by atoms with Gasteiger partial charge in [0.25, 0.3) is 0 Å². The lowest BCUT2D eigenvalue weighted by atomic mass is 9.96. The van der Waals surface area contributed by atoms with Gasteiger partial charge in [0.1, 0.15) is 16.8 Å². The van der Waals surface area contributed by atoms with E-state index in [4.69, 9.17) is 11.6 Å². The number of rotatable bonds is 3. The Labute approximate surface area is 139 Å². The zero-order valence-corrected chi connectivity index (χ0v) is 13.8. The van der Waals surface area contributed by atoms with Gasteiger partial charge in [-0.2, -0.15) is 0 Å². The lowest BCUT2D eigenvalue weighted by Gasteiger charge is -2.30. The van der Waals surface area contributed by atoms with Gasteiger partial charge >= 0.3 is 0 Å². The zero-order valence-electron chi connectivity index (χ0n) is 13.1. The first kappa shape index (κ1) is 14.7. The SMILES string of the molecule is Cn1c(Cl)cnc1CN1CCC(c2nnc3ccccn23)CC1. The Kier molecular flexibility index (Phi) is 3.79. The van der Waals surface area contributed by atoms with Crippen molar-refractivity contribution in [3.05, 3.63) is 47.4 Å². The summed E-state index contributed by atoms with van der Waals surface area (Å²) >= 11 is 6.06. The van der Waals surface area contributed by atoms with E-state index in [1.807, 2.05) is 36.0 Å². The number of aromatic nitrogens is 5. The summed E-state index contributed by atoms with van der Waals surface area (Å²) in [6.07, 6.45) is 5.95. The topological polar surface area (TPSA) is 51.2 Å². The number of fused-ring (bicyclic) bond motifs is 1. The number of halogens is 1. The Hall–Kier alpha value is -1.92. The molecule has 1 fully saturated rings. The maximum absolute atomic E-state index is 6.06. The predicted molar refractivity (Wildman–Crippen MR) is 88.5 cm³/mol. The molecule has 0 N–H and O–H groups in total. The summed E-state index contributed by atoms with van der Waals surface area (Å²) in [7, 11) is 1.96. The fourth-order valence-electron chi connectivity index (χ4n) is 3.26. The van der Waals surface area contributed by atoms with E-state index in [0.29, 0.717) is 11.1 Å². The van der Waals surface area contributed by atoms with Gasteiger partial charge in [0, 0.05) is 19.2 Å². The average Bonchev–Trinajstić information content (AvgIpc) is 3.14. The van der Waals surface area contributed by atoms with Crippen molar-refractivity contribution in [1.29, 1.82) is 0 Å². The van der Waals surface area contributed by atoms with Gasteiger partial charge in [-0.15, -0.1) is 10.2 Å². The molecule has 0 aromatic carbocycles. The second-order valence-corrected chi connectivity index (χ2v) is 6.48. The molecule has 4 rings (SSSR count). The fourth-order valence-corrected chi connectivity index (χ4v) is 3.41. The molecule has 0 aliphatic carbocycles. The Morgan fingerprint density at radius 3 is 2.78 bits per heavy atom. The van der Waals surface area contributed by atoms with Crippen molar-refractivity contribution in [1.82, 2.24) is 29.0 Å². The minimum absolute atomic E-state index is 0.466. The van der Waals surface area contributed by atoms with Crippen LogP contribution in [-0.2, 0) is 13.6 Å². The van der Waals surface area contributed by atoms with E-state index in [9.17, 15) is 0 Å². The molecule has 120 valence electrons. The van der Waals surface area contributed by atoms with Crippen LogP contribution < -0.4 is 0 Å². The maximum atomic E-state index is 6.06. The summed E-state index contributed by atoms with van der Waals surface area (Å²) < 4.78 is 4.05. The number of hydrogen-bond acceptors (Lipinski definition) is 4. The van der Waals surface area contributed by atoms with Gasteiger partial charge in [-0.25, -0.2) is 4.98 Å². The third kappa shape index (κ3) is 2.72. The van der Waals surface area contributed by atoms with Crippen LogP contribution in [0.4, 0.5) is 0 Å². The summed E-state index contributed by atoms with van der Waals surface area (Å²) in [6, 6.07) is 6.02. The van der Waals surface area contributed by atoms with Gasteiger partial charge in [0.2, 0.25) is 0 Å². The predicted octanol–water partition coefficient (Wildman–Crippen LogP) is 2.50. The summed E-state index contributed by atoms with van der Waals surface area (Å²) in [5.74, 6) is 2.57. The first-order valence-electron chi connectivity index (χ1n) is 7.90. The van der Waals surface area contributed by atoms with Crippen LogP contribution in [0, 0.1) is 0 Å². The molecule has 4 heterocycles. The Bertz CT molecular complexity index is 815. The van der Waals surface area contributed by atoms with Crippen molar-refractivity contribution in [3.63, 3.8) is 0 Å². The standard InChI is InChI=1S/C16H19ClN6/c1-21-13(17)10-18-15(21)11-22-8-5-12(6-9-22)16-20-19-14-4-2-3-7-23(14)16/h2-4,7,10,12H,5-6,8-9,11H2,1H3. The quantitative estimate of drug-likeness (QED) is 0.740. The Morgan fingerprint density at radius 1 is 1.22 bits per heavy atom. The van der Waals surface area contributed by atoms with Gasteiger partial charge < -0.3 is 4.57 Å². The van der Waals surface area contributed by atoms with E-state index < -0.39 is 0 Å². The molecule has 7 heteroatoms. The molecular weight excluding hydrogens is 312 g/mol. The second kappa shape index (κ2) is 5.94. The average molecular weight is 331 g/mol. The van der Waals surface area contributed by atoms with E-state index in [1.54, 1.807) is 6.20 Å². The minimum atomic E-state index is 0.466. The molecule has 0 saturated carbocycles. The highest BCUT2D eigenvalue weighted by Crippen LogP contribution is 2.27. The number of imidazole rings is 1.